The van der Waals surface area contributed by atoms with E-state index in [9.17, 15) is 9.18 Å². The second-order valence-electron chi connectivity index (χ2n) is 6.18. The van der Waals surface area contributed by atoms with Crippen LogP contribution in [0.4, 0.5) is 10.1 Å². The molecule has 25 heavy (non-hydrogen) atoms. The summed E-state index contributed by atoms with van der Waals surface area (Å²) in [4.78, 5) is 14.0. The first-order valence-electron chi connectivity index (χ1n) is 8.36. The van der Waals surface area contributed by atoms with E-state index >= 15 is 0 Å². The number of rotatable bonds is 6. The van der Waals surface area contributed by atoms with E-state index in [0.29, 0.717) is 16.7 Å². The number of carbonyl (C=O) groups excluding carboxylic acids is 1. The largest absolute Gasteiger partial charge is 0.468 e. The topological polar surface area (TPSA) is 71.5 Å². The monoisotopic (exact) mass is 409 g/mol. The molecule has 134 valence electrons. The highest BCUT2D eigenvalue weighted by Gasteiger charge is 2.25. The summed E-state index contributed by atoms with van der Waals surface area (Å²) < 4.78 is 20.3. The van der Waals surface area contributed by atoms with Crippen molar-refractivity contribution in [3.8, 4) is 0 Å². The van der Waals surface area contributed by atoms with E-state index in [1.54, 1.807) is 12.3 Å². The summed E-state index contributed by atoms with van der Waals surface area (Å²) in [6.45, 7) is 2.47. The molecule has 0 aliphatic carbocycles. The molecule has 5 nitrogen and oxygen atoms in total. The quantitative estimate of drug-likeness (QED) is 0.758. The molecule has 1 amide bonds. The fourth-order valence-corrected chi connectivity index (χ4v) is 3.72. The highest BCUT2D eigenvalue weighted by atomic mass is 79.9. The highest BCUT2D eigenvalue weighted by Crippen LogP contribution is 2.28. The minimum absolute atomic E-state index is 0.0121. The molecule has 7 heteroatoms. The molecule has 0 radical (unpaired) electrons. The van der Waals surface area contributed by atoms with E-state index in [4.69, 9.17) is 10.2 Å². The number of furan rings is 1. The van der Waals surface area contributed by atoms with Gasteiger partial charge in [-0.25, -0.2) is 4.39 Å². The van der Waals surface area contributed by atoms with E-state index in [1.165, 1.54) is 12.5 Å². The van der Waals surface area contributed by atoms with Gasteiger partial charge in [0.2, 0.25) is 0 Å². The Balaban J connectivity index is 1.83. The molecule has 1 aromatic carbocycles. The molecule has 1 unspecified atom stereocenters. The average molecular weight is 410 g/mol. The maximum absolute atomic E-state index is 14.1. The second-order valence-corrected chi connectivity index (χ2v) is 7.10. The van der Waals surface area contributed by atoms with Crippen LogP contribution in [0.15, 0.2) is 39.4 Å². The molecule has 1 atom stereocenters. The number of likely N-dealkylation sites (tertiary alicyclic amines) is 1. The summed E-state index contributed by atoms with van der Waals surface area (Å²) in [7, 11) is 0. The number of nitrogens with two attached hydrogens (primary N) is 1. The zero-order valence-electron chi connectivity index (χ0n) is 13.8. The van der Waals surface area contributed by atoms with Crippen LogP contribution < -0.4 is 11.1 Å². The molecule has 2 heterocycles. The number of nitrogens with one attached hydrogen (secondary N) is 1. The number of hydrogen-bond donors (Lipinski definition) is 2. The molecule has 1 aromatic heterocycles. The molecule has 2 aromatic rings. The van der Waals surface area contributed by atoms with Crippen molar-refractivity contribution in [2.45, 2.75) is 25.3 Å². The normalized spacial score (nSPS) is 16.6. The first kappa shape index (κ1) is 17.9. The summed E-state index contributed by atoms with van der Waals surface area (Å²) in [5, 5.41) is 3.19. The Morgan fingerprint density at radius 2 is 2.12 bits per heavy atom. The lowest BCUT2D eigenvalue weighted by Crippen LogP contribution is -2.37. The highest BCUT2D eigenvalue weighted by molar-refractivity contribution is 9.10. The number of primary amides is 1. The van der Waals surface area contributed by atoms with E-state index in [2.05, 4.69) is 26.1 Å². The van der Waals surface area contributed by atoms with Crippen LogP contribution in [0.1, 0.15) is 41.4 Å². The summed E-state index contributed by atoms with van der Waals surface area (Å²) in [5.74, 6) is -0.581. The molecule has 3 rings (SSSR count). The molecule has 1 saturated heterocycles. The Morgan fingerprint density at radius 1 is 1.36 bits per heavy atom. The van der Waals surface area contributed by atoms with Gasteiger partial charge >= 0.3 is 0 Å². The standard InChI is InChI=1S/C18H21BrFN3O2/c19-12-9-13(20)17(18(21)24)14(10-12)22-11-15(16-5-4-8-25-16)23-6-2-1-3-7-23/h4-5,8-10,15,22H,1-3,6-7,11H2,(H2,21,24). The predicted molar refractivity (Wildman–Crippen MR) is 98.0 cm³/mol. The van der Waals surface area contributed by atoms with Crippen LogP contribution in [-0.2, 0) is 0 Å². The van der Waals surface area contributed by atoms with Crippen LogP contribution in [0.5, 0.6) is 0 Å². The summed E-state index contributed by atoms with van der Waals surface area (Å²) in [6, 6.07) is 6.72. The maximum Gasteiger partial charge on any atom is 0.253 e. The summed E-state index contributed by atoms with van der Waals surface area (Å²) in [5.41, 5.74) is 5.60. The van der Waals surface area contributed by atoms with Crippen molar-refractivity contribution in [3.05, 3.63) is 52.1 Å². The van der Waals surface area contributed by atoms with Crippen molar-refractivity contribution < 1.29 is 13.6 Å². The van der Waals surface area contributed by atoms with E-state index in [-0.39, 0.29) is 11.6 Å². The predicted octanol–water partition coefficient (Wildman–Crippen LogP) is 3.92. The van der Waals surface area contributed by atoms with Gasteiger partial charge < -0.3 is 15.5 Å². The van der Waals surface area contributed by atoms with Gasteiger partial charge in [0, 0.05) is 11.0 Å². The van der Waals surface area contributed by atoms with Crippen LogP contribution in [0, 0.1) is 5.82 Å². The average Bonchev–Trinajstić information content (AvgIpc) is 3.09. The summed E-state index contributed by atoms with van der Waals surface area (Å²) in [6.07, 6.45) is 5.18. The fraction of sp³-hybridized carbons (Fsp3) is 0.389. The van der Waals surface area contributed by atoms with Gasteiger partial charge in [-0.1, -0.05) is 22.4 Å². The molecular formula is C18H21BrFN3O2. The Hall–Kier alpha value is -1.86. The summed E-state index contributed by atoms with van der Waals surface area (Å²) >= 11 is 3.26. The lowest BCUT2D eigenvalue weighted by Gasteiger charge is -2.33. The third-order valence-corrected chi connectivity index (χ3v) is 4.95. The van der Waals surface area contributed by atoms with Crippen molar-refractivity contribution >= 4 is 27.5 Å². The Labute approximate surface area is 154 Å². The lowest BCUT2D eigenvalue weighted by atomic mass is 10.1. The minimum atomic E-state index is -0.792. The molecule has 0 saturated carbocycles. The molecule has 1 fully saturated rings. The lowest BCUT2D eigenvalue weighted by molar-refractivity contribution is 0.0997. The van der Waals surface area contributed by atoms with Gasteiger partial charge in [-0.05, 0) is 50.2 Å². The molecule has 0 bridgehead atoms. The number of amides is 1. The number of halogens is 2. The molecule has 1 aliphatic heterocycles. The zero-order valence-corrected chi connectivity index (χ0v) is 15.4. The van der Waals surface area contributed by atoms with Crippen molar-refractivity contribution in [2.75, 3.05) is 25.0 Å². The Kier molecular flexibility index (Phi) is 5.75. The number of hydrogen-bond acceptors (Lipinski definition) is 4. The van der Waals surface area contributed by atoms with Gasteiger partial charge in [0.05, 0.1) is 23.6 Å². The third-order valence-electron chi connectivity index (χ3n) is 4.49. The van der Waals surface area contributed by atoms with Crippen LogP contribution in [0.3, 0.4) is 0 Å². The number of anilines is 1. The van der Waals surface area contributed by atoms with Crippen molar-refractivity contribution in [1.82, 2.24) is 4.90 Å². The van der Waals surface area contributed by atoms with Crippen molar-refractivity contribution in [2.24, 2.45) is 5.73 Å². The van der Waals surface area contributed by atoms with Crippen molar-refractivity contribution in [1.29, 1.82) is 0 Å². The number of piperidine rings is 1. The first-order chi connectivity index (χ1) is 12.1. The van der Waals surface area contributed by atoms with Crippen LogP contribution in [-0.4, -0.2) is 30.4 Å². The van der Waals surface area contributed by atoms with Gasteiger partial charge in [0.1, 0.15) is 11.6 Å². The molecular weight excluding hydrogens is 389 g/mol. The Morgan fingerprint density at radius 3 is 2.76 bits per heavy atom. The van der Waals surface area contributed by atoms with E-state index in [1.807, 2.05) is 12.1 Å². The van der Waals surface area contributed by atoms with Crippen LogP contribution in [0.2, 0.25) is 0 Å². The van der Waals surface area contributed by atoms with Gasteiger partial charge in [0.15, 0.2) is 0 Å². The molecule has 1 aliphatic rings. The van der Waals surface area contributed by atoms with Gasteiger partial charge in [0.25, 0.3) is 5.91 Å². The smallest absolute Gasteiger partial charge is 0.253 e. The first-order valence-corrected chi connectivity index (χ1v) is 9.15. The number of benzene rings is 1. The van der Waals surface area contributed by atoms with Gasteiger partial charge in [-0.3, -0.25) is 9.69 Å². The minimum Gasteiger partial charge on any atom is -0.468 e. The van der Waals surface area contributed by atoms with Crippen molar-refractivity contribution in [3.63, 3.8) is 0 Å². The molecule has 0 spiro atoms. The van der Waals surface area contributed by atoms with E-state index in [0.717, 1.165) is 31.7 Å². The Bertz CT molecular complexity index is 730. The van der Waals surface area contributed by atoms with Gasteiger partial charge in [-0.15, -0.1) is 0 Å². The van der Waals surface area contributed by atoms with Crippen LogP contribution in [0.25, 0.3) is 0 Å². The fourth-order valence-electron chi connectivity index (χ4n) is 3.29. The SMILES string of the molecule is NC(=O)c1c(F)cc(Br)cc1NCC(c1ccco1)N1CCCCC1. The van der Waals surface area contributed by atoms with Crippen LogP contribution >= 0.6 is 15.9 Å². The number of nitrogens with zero attached hydrogens (tertiary/aromatic N) is 1. The number of carbonyl (C=O) groups is 1. The molecule has 3 N–H and O–H groups in total. The zero-order chi connectivity index (χ0) is 17.8. The maximum atomic E-state index is 14.1. The third kappa shape index (κ3) is 4.22. The van der Waals surface area contributed by atoms with E-state index < -0.39 is 11.7 Å². The van der Waals surface area contributed by atoms with Gasteiger partial charge in [-0.2, -0.15) is 0 Å². The second kappa shape index (κ2) is 8.01.